The van der Waals surface area contributed by atoms with Crippen LogP contribution in [0.5, 0.6) is 5.75 Å². The van der Waals surface area contributed by atoms with Gasteiger partial charge in [0.05, 0.1) is 0 Å². The van der Waals surface area contributed by atoms with Crippen molar-refractivity contribution in [3.63, 3.8) is 0 Å². The van der Waals surface area contributed by atoms with E-state index in [4.69, 9.17) is 4.74 Å². The molecule has 0 aromatic heterocycles. The predicted molar refractivity (Wildman–Crippen MR) is 65.8 cm³/mol. The second-order valence-electron chi connectivity index (χ2n) is 5.16. The normalized spacial score (nSPS) is 28.7. The third-order valence-electron chi connectivity index (χ3n) is 3.91. The number of hydrogen-bond acceptors (Lipinski definition) is 2. The van der Waals surface area contributed by atoms with Gasteiger partial charge < -0.3 is 4.74 Å². The summed E-state index contributed by atoms with van der Waals surface area (Å²) < 4.78 is 18.9. The lowest BCUT2D eigenvalue weighted by Crippen LogP contribution is -2.08. The molecule has 1 fully saturated rings. The number of carbonyl (C=O) groups excluding carboxylic acids is 1. The molecule has 18 heavy (non-hydrogen) atoms. The lowest BCUT2D eigenvalue weighted by molar-refractivity contribution is -0.131. The van der Waals surface area contributed by atoms with Gasteiger partial charge in [0.15, 0.2) is 0 Å². The van der Waals surface area contributed by atoms with E-state index in [2.05, 4.69) is 12.2 Å². The monoisotopic (exact) mass is 246 g/mol. The summed E-state index contributed by atoms with van der Waals surface area (Å²) in [7, 11) is 0. The van der Waals surface area contributed by atoms with Crippen molar-refractivity contribution >= 4 is 5.97 Å². The number of carbonyl (C=O) groups is 1. The van der Waals surface area contributed by atoms with Crippen LogP contribution >= 0.6 is 0 Å². The van der Waals surface area contributed by atoms with Gasteiger partial charge in [-0.15, -0.1) is 0 Å². The Labute approximate surface area is 105 Å². The Bertz CT molecular complexity index is 521. The maximum atomic E-state index is 14.1. The molecule has 2 nitrogen and oxygen atoms in total. The van der Waals surface area contributed by atoms with E-state index in [9.17, 15) is 9.18 Å². The molecule has 2 aliphatic carbocycles. The molecule has 3 unspecified atom stereocenters. The number of fused-ring (bicyclic) bond motifs is 2. The van der Waals surface area contributed by atoms with Crippen LogP contribution in [0.3, 0.4) is 0 Å². The number of ether oxygens (including phenoxy) is 1. The Balaban J connectivity index is 1.85. The highest BCUT2D eigenvalue weighted by molar-refractivity contribution is 5.69. The number of hydrogen-bond donors (Lipinski definition) is 0. The average Bonchev–Trinajstić information content (AvgIpc) is 2.90. The van der Waals surface area contributed by atoms with Crippen LogP contribution in [0.1, 0.15) is 31.2 Å². The summed E-state index contributed by atoms with van der Waals surface area (Å²) >= 11 is 0. The maximum absolute atomic E-state index is 14.1. The van der Waals surface area contributed by atoms with Crippen molar-refractivity contribution in [1.82, 2.24) is 0 Å². The van der Waals surface area contributed by atoms with E-state index in [1.807, 2.05) is 0 Å². The van der Waals surface area contributed by atoms with Crippen LogP contribution in [-0.2, 0) is 4.79 Å². The van der Waals surface area contributed by atoms with Gasteiger partial charge in [-0.25, -0.2) is 4.39 Å². The molecule has 3 heteroatoms. The molecule has 0 aliphatic heterocycles. The molecule has 1 aromatic rings. The van der Waals surface area contributed by atoms with Crippen molar-refractivity contribution in [2.45, 2.75) is 25.7 Å². The molecule has 3 atom stereocenters. The Morgan fingerprint density at radius 3 is 2.72 bits per heavy atom. The molecule has 3 rings (SSSR count). The summed E-state index contributed by atoms with van der Waals surface area (Å²) in [6, 6.07) is 4.74. The van der Waals surface area contributed by atoms with Crippen LogP contribution in [0.25, 0.3) is 0 Å². The van der Waals surface area contributed by atoms with Crippen LogP contribution in [0.4, 0.5) is 4.39 Å². The number of halogens is 1. The third kappa shape index (κ3) is 1.94. The molecule has 2 bridgehead atoms. The number of esters is 1. The Kier molecular flexibility index (Phi) is 2.69. The molecular formula is C15H15FO2. The smallest absolute Gasteiger partial charge is 0.308 e. The van der Waals surface area contributed by atoms with E-state index in [0.717, 1.165) is 18.4 Å². The zero-order chi connectivity index (χ0) is 12.7. The minimum Gasteiger partial charge on any atom is -0.427 e. The molecule has 1 saturated carbocycles. The Morgan fingerprint density at radius 1 is 1.33 bits per heavy atom. The SMILES string of the molecule is CC(=O)Oc1ccc(C2CC3C=CC2C3)c(F)c1. The van der Waals surface area contributed by atoms with Crippen LogP contribution < -0.4 is 4.74 Å². The molecule has 94 valence electrons. The molecule has 1 aromatic carbocycles. The van der Waals surface area contributed by atoms with Gasteiger partial charge in [0.25, 0.3) is 0 Å². The molecule has 0 heterocycles. The van der Waals surface area contributed by atoms with E-state index < -0.39 is 5.97 Å². The Morgan fingerprint density at radius 2 is 2.17 bits per heavy atom. The van der Waals surface area contributed by atoms with Crippen LogP contribution in [0, 0.1) is 17.7 Å². The van der Waals surface area contributed by atoms with Crippen molar-refractivity contribution in [2.24, 2.45) is 11.8 Å². The van der Waals surface area contributed by atoms with E-state index in [-0.39, 0.29) is 17.5 Å². The van der Waals surface area contributed by atoms with Gasteiger partial charge in [-0.2, -0.15) is 0 Å². The quantitative estimate of drug-likeness (QED) is 0.454. The second kappa shape index (κ2) is 4.23. The highest BCUT2D eigenvalue weighted by Gasteiger charge is 2.37. The fraction of sp³-hybridized carbons (Fsp3) is 0.400. The first-order valence-electron chi connectivity index (χ1n) is 6.29. The molecule has 0 amide bonds. The third-order valence-corrected chi connectivity index (χ3v) is 3.91. The summed E-state index contributed by atoms with van der Waals surface area (Å²) in [4.78, 5) is 10.8. The summed E-state index contributed by atoms with van der Waals surface area (Å²) in [6.07, 6.45) is 6.63. The topological polar surface area (TPSA) is 26.3 Å². The van der Waals surface area contributed by atoms with E-state index >= 15 is 0 Å². The zero-order valence-corrected chi connectivity index (χ0v) is 10.2. The zero-order valence-electron chi connectivity index (χ0n) is 10.2. The Hall–Kier alpha value is -1.64. The highest BCUT2D eigenvalue weighted by Crippen LogP contribution is 2.49. The summed E-state index contributed by atoms with van der Waals surface area (Å²) in [5, 5.41) is 0. The first-order valence-corrected chi connectivity index (χ1v) is 6.29. The first-order chi connectivity index (χ1) is 8.63. The predicted octanol–water partition coefficient (Wildman–Crippen LogP) is 3.43. The van der Waals surface area contributed by atoms with Crippen molar-refractivity contribution in [1.29, 1.82) is 0 Å². The first kappa shape index (κ1) is 11.5. The van der Waals surface area contributed by atoms with Gasteiger partial charge in [0.1, 0.15) is 11.6 Å². The maximum Gasteiger partial charge on any atom is 0.308 e. The van der Waals surface area contributed by atoms with Crippen LogP contribution in [-0.4, -0.2) is 5.97 Å². The van der Waals surface area contributed by atoms with Crippen molar-refractivity contribution in [3.05, 3.63) is 41.7 Å². The van der Waals surface area contributed by atoms with Gasteiger partial charge in [0, 0.05) is 13.0 Å². The largest absolute Gasteiger partial charge is 0.427 e. The summed E-state index contributed by atoms with van der Waals surface area (Å²) in [5.41, 5.74) is 0.753. The van der Waals surface area contributed by atoms with E-state index in [1.54, 1.807) is 12.1 Å². The minimum absolute atomic E-state index is 0.264. The molecular weight excluding hydrogens is 231 g/mol. The van der Waals surface area contributed by atoms with Crippen LogP contribution in [0.15, 0.2) is 30.4 Å². The van der Waals surface area contributed by atoms with E-state index in [0.29, 0.717) is 11.8 Å². The summed E-state index contributed by atoms with van der Waals surface area (Å²) in [5.74, 6) is 0.968. The van der Waals surface area contributed by atoms with Gasteiger partial charge in [-0.3, -0.25) is 4.79 Å². The lowest BCUT2D eigenvalue weighted by atomic mass is 9.86. The van der Waals surface area contributed by atoms with Gasteiger partial charge in [0.2, 0.25) is 0 Å². The van der Waals surface area contributed by atoms with Gasteiger partial charge >= 0.3 is 5.97 Å². The van der Waals surface area contributed by atoms with Crippen molar-refractivity contribution < 1.29 is 13.9 Å². The fourth-order valence-corrected chi connectivity index (χ4v) is 3.18. The second-order valence-corrected chi connectivity index (χ2v) is 5.16. The van der Waals surface area contributed by atoms with Gasteiger partial charge in [-0.05, 0) is 42.2 Å². The lowest BCUT2D eigenvalue weighted by Gasteiger charge is -2.19. The van der Waals surface area contributed by atoms with Crippen molar-refractivity contribution in [3.8, 4) is 5.75 Å². The van der Waals surface area contributed by atoms with E-state index in [1.165, 1.54) is 13.0 Å². The molecule has 0 spiro atoms. The van der Waals surface area contributed by atoms with Crippen LogP contribution in [0.2, 0.25) is 0 Å². The molecule has 0 N–H and O–H groups in total. The molecule has 2 aliphatic rings. The minimum atomic E-state index is -0.426. The molecule has 0 radical (unpaired) electrons. The fourth-order valence-electron chi connectivity index (χ4n) is 3.18. The number of allylic oxidation sites excluding steroid dienone is 2. The average molecular weight is 246 g/mol. The van der Waals surface area contributed by atoms with Gasteiger partial charge in [-0.1, -0.05) is 18.2 Å². The van der Waals surface area contributed by atoms with Crippen molar-refractivity contribution in [2.75, 3.05) is 0 Å². The number of benzene rings is 1. The standard InChI is InChI=1S/C15H15FO2/c1-9(17)18-12-4-5-13(15(16)8-12)14-7-10-2-3-11(14)6-10/h2-5,8,10-11,14H,6-7H2,1H3. The summed E-state index contributed by atoms with van der Waals surface area (Å²) in [6.45, 7) is 1.31. The molecule has 0 saturated heterocycles. The highest BCUT2D eigenvalue weighted by atomic mass is 19.1. The number of rotatable bonds is 2.